The van der Waals surface area contributed by atoms with Gasteiger partial charge >= 0.3 is 12.1 Å². The lowest BCUT2D eigenvalue weighted by atomic mass is 10.0. The van der Waals surface area contributed by atoms with Crippen molar-refractivity contribution in [2.75, 3.05) is 0 Å². The Labute approximate surface area is 159 Å². The lowest BCUT2D eigenvalue weighted by Gasteiger charge is -2.13. The van der Waals surface area contributed by atoms with E-state index in [0.717, 1.165) is 17.8 Å². The molecule has 0 amide bonds. The van der Waals surface area contributed by atoms with E-state index in [1.165, 1.54) is 6.07 Å². The summed E-state index contributed by atoms with van der Waals surface area (Å²) in [5, 5.41) is 9.17. The van der Waals surface area contributed by atoms with Gasteiger partial charge in [0.25, 0.3) is 0 Å². The Hall–Kier alpha value is -3.35. The smallest absolute Gasteiger partial charge is 0.433 e. The maximum atomic E-state index is 12.7. The fourth-order valence-electron chi connectivity index (χ4n) is 2.67. The molecule has 3 rings (SSSR count). The van der Waals surface area contributed by atoms with Gasteiger partial charge in [0.05, 0.1) is 6.42 Å². The first-order valence-electron chi connectivity index (χ1n) is 8.38. The van der Waals surface area contributed by atoms with E-state index < -0.39 is 17.8 Å². The summed E-state index contributed by atoms with van der Waals surface area (Å²) in [4.78, 5) is 14.6. The highest BCUT2D eigenvalue weighted by molar-refractivity contribution is 5.73. The molecule has 0 fully saturated rings. The minimum Gasteiger partial charge on any atom is -0.489 e. The summed E-state index contributed by atoms with van der Waals surface area (Å²) in [6.07, 6.45) is -3.67. The molecule has 0 saturated carbocycles. The number of ether oxygens (including phenoxy) is 1. The van der Waals surface area contributed by atoms with Crippen LogP contribution in [0.4, 0.5) is 13.2 Å². The van der Waals surface area contributed by atoms with E-state index in [1.54, 1.807) is 18.2 Å². The van der Waals surface area contributed by atoms with Crippen LogP contribution in [-0.2, 0) is 24.0 Å². The third kappa shape index (κ3) is 4.88. The van der Waals surface area contributed by atoms with Crippen molar-refractivity contribution in [3.05, 3.63) is 83.7 Å². The zero-order valence-corrected chi connectivity index (χ0v) is 14.6. The van der Waals surface area contributed by atoms with Crippen LogP contribution in [0.15, 0.2) is 66.9 Å². The van der Waals surface area contributed by atoms with E-state index in [4.69, 9.17) is 4.74 Å². The summed E-state index contributed by atoms with van der Waals surface area (Å²) in [5.41, 5.74) is 1.39. The second kappa shape index (κ2) is 8.12. The Bertz CT molecular complexity index is 955. The first-order chi connectivity index (χ1) is 13.3. The monoisotopic (exact) mass is 387 g/mol. The first kappa shape index (κ1) is 19.4. The molecule has 0 radical (unpaired) electrons. The molecular formula is C21H16F3NO3. The molecular weight excluding hydrogens is 371 g/mol. The predicted octanol–water partition coefficient (Wildman–Crippen LogP) is 4.97. The number of carboxylic acids is 1. The molecule has 0 aliphatic rings. The molecule has 2 aromatic carbocycles. The largest absolute Gasteiger partial charge is 0.489 e. The predicted molar refractivity (Wildman–Crippen MR) is 96.8 cm³/mol. The Morgan fingerprint density at radius 1 is 1.00 bits per heavy atom. The van der Waals surface area contributed by atoms with Crippen LogP contribution in [0.3, 0.4) is 0 Å². The van der Waals surface area contributed by atoms with E-state index in [-0.39, 0.29) is 13.0 Å². The van der Waals surface area contributed by atoms with Crippen molar-refractivity contribution >= 4 is 5.97 Å². The average Bonchev–Trinajstić information content (AvgIpc) is 2.67. The summed E-state index contributed by atoms with van der Waals surface area (Å²) < 4.78 is 43.7. The zero-order valence-electron chi connectivity index (χ0n) is 14.6. The number of alkyl halides is 3. The third-order valence-corrected chi connectivity index (χ3v) is 4.03. The number of carbonyl (C=O) groups is 1. The van der Waals surface area contributed by atoms with Crippen molar-refractivity contribution in [3.63, 3.8) is 0 Å². The second-order valence-electron chi connectivity index (χ2n) is 6.10. The minimum atomic E-state index is -4.51. The van der Waals surface area contributed by atoms with Crippen molar-refractivity contribution < 1.29 is 27.8 Å². The summed E-state index contributed by atoms with van der Waals surface area (Å²) in [6, 6.07) is 16.5. The molecule has 0 unspecified atom stereocenters. The number of hydrogen-bond donors (Lipinski definition) is 1. The second-order valence-corrected chi connectivity index (χ2v) is 6.10. The van der Waals surface area contributed by atoms with Gasteiger partial charge in [-0.2, -0.15) is 13.2 Å². The van der Waals surface area contributed by atoms with Gasteiger partial charge in [-0.05, 0) is 29.3 Å². The number of aromatic nitrogens is 1. The average molecular weight is 387 g/mol. The van der Waals surface area contributed by atoms with Crippen LogP contribution in [-0.4, -0.2) is 16.1 Å². The van der Waals surface area contributed by atoms with Crippen LogP contribution in [0.25, 0.3) is 11.1 Å². The van der Waals surface area contributed by atoms with Crippen LogP contribution in [0, 0.1) is 0 Å². The van der Waals surface area contributed by atoms with Crippen LogP contribution >= 0.6 is 0 Å². The van der Waals surface area contributed by atoms with Crippen molar-refractivity contribution in [2.24, 2.45) is 0 Å². The fraction of sp³-hybridized carbons (Fsp3) is 0.143. The topological polar surface area (TPSA) is 59.4 Å². The van der Waals surface area contributed by atoms with Crippen LogP contribution in [0.2, 0.25) is 0 Å². The van der Waals surface area contributed by atoms with Crippen LogP contribution in [0.5, 0.6) is 5.75 Å². The molecule has 1 N–H and O–H groups in total. The molecule has 0 aliphatic carbocycles. The molecule has 7 heteroatoms. The molecule has 1 heterocycles. The normalized spacial score (nSPS) is 11.2. The fourth-order valence-corrected chi connectivity index (χ4v) is 2.67. The lowest BCUT2D eigenvalue weighted by molar-refractivity contribution is -0.141. The summed E-state index contributed by atoms with van der Waals surface area (Å²) in [5.74, 6) is -0.623. The first-order valence-corrected chi connectivity index (χ1v) is 8.38. The van der Waals surface area contributed by atoms with E-state index in [1.807, 2.05) is 30.3 Å². The Morgan fingerprint density at radius 2 is 1.71 bits per heavy atom. The molecule has 0 spiro atoms. The maximum absolute atomic E-state index is 12.7. The van der Waals surface area contributed by atoms with E-state index in [9.17, 15) is 23.1 Å². The molecule has 0 saturated heterocycles. The molecule has 4 nitrogen and oxygen atoms in total. The van der Waals surface area contributed by atoms with Gasteiger partial charge in [-0.3, -0.25) is 9.78 Å². The standard InChI is InChI=1S/C21H16F3NO3/c22-21(23,24)19-9-7-16(12-25-19)15-6-8-18(17(10-15)11-20(26)27)28-13-14-4-2-1-3-5-14/h1-10,12H,11,13H2,(H,26,27). The van der Waals surface area contributed by atoms with Crippen molar-refractivity contribution in [3.8, 4) is 16.9 Å². The number of halogens is 3. The highest BCUT2D eigenvalue weighted by atomic mass is 19.4. The molecule has 144 valence electrons. The molecule has 28 heavy (non-hydrogen) atoms. The highest BCUT2D eigenvalue weighted by Gasteiger charge is 2.32. The van der Waals surface area contributed by atoms with E-state index in [2.05, 4.69) is 4.98 Å². The van der Waals surface area contributed by atoms with Gasteiger partial charge in [0.15, 0.2) is 0 Å². The van der Waals surface area contributed by atoms with Crippen molar-refractivity contribution in [2.45, 2.75) is 19.2 Å². The number of hydrogen-bond acceptors (Lipinski definition) is 3. The van der Waals surface area contributed by atoms with Crippen LogP contribution in [0.1, 0.15) is 16.8 Å². The highest BCUT2D eigenvalue weighted by Crippen LogP contribution is 2.31. The number of carboxylic acid groups (broad SMARTS) is 1. The quantitative estimate of drug-likeness (QED) is 0.649. The number of nitrogens with zero attached hydrogens (tertiary/aromatic N) is 1. The maximum Gasteiger partial charge on any atom is 0.433 e. The minimum absolute atomic E-state index is 0.272. The van der Waals surface area contributed by atoms with Gasteiger partial charge in [-0.15, -0.1) is 0 Å². The van der Waals surface area contributed by atoms with Gasteiger partial charge in [-0.1, -0.05) is 42.5 Å². The summed E-state index contributed by atoms with van der Waals surface area (Å²) in [7, 11) is 0. The molecule has 0 aliphatic heterocycles. The number of aliphatic carboxylic acids is 1. The van der Waals surface area contributed by atoms with E-state index in [0.29, 0.717) is 22.4 Å². The van der Waals surface area contributed by atoms with Gasteiger partial charge in [0.1, 0.15) is 18.1 Å². The van der Waals surface area contributed by atoms with Crippen molar-refractivity contribution in [1.82, 2.24) is 4.98 Å². The third-order valence-electron chi connectivity index (χ3n) is 4.03. The molecule has 3 aromatic rings. The van der Waals surface area contributed by atoms with Gasteiger partial charge < -0.3 is 9.84 Å². The summed E-state index contributed by atoms with van der Waals surface area (Å²) >= 11 is 0. The molecule has 0 bridgehead atoms. The van der Waals surface area contributed by atoms with Gasteiger partial charge in [-0.25, -0.2) is 0 Å². The van der Waals surface area contributed by atoms with Gasteiger partial charge in [0, 0.05) is 17.3 Å². The summed E-state index contributed by atoms with van der Waals surface area (Å²) in [6.45, 7) is 0.272. The number of pyridine rings is 1. The molecule has 0 atom stereocenters. The Morgan fingerprint density at radius 3 is 2.32 bits per heavy atom. The Kier molecular flexibility index (Phi) is 5.63. The van der Waals surface area contributed by atoms with Crippen LogP contribution < -0.4 is 4.74 Å². The zero-order chi connectivity index (χ0) is 20.1. The SMILES string of the molecule is O=C(O)Cc1cc(-c2ccc(C(F)(F)F)nc2)ccc1OCc1ccccc1. The van der Waals surface area contributed by atoms with E-state index >= 15 is 0 Å². The van der Waals surface area contributed by atoms with Crippen molar-refractivity contribution in [1.29, 1.82) is 0 Å². The lowest BCUT2D eigenvalue weighted by Crippen LogP contribution is -2.07. The number of benzene rings is 2. The number of rotatable bonds is 6. The Balaban J connectivity index is 1.86. The molecule has 1 aromatic heterocycles. The van der Waals surface area contributed by atoms with Gasteiger partial charge in [0.2, 0.25) is 0 Å².